The number of carbonyl (C=O) groups is 2. The fourth-order valence-corrected chi connectivity index (χ4v) is 6.18. The number of nitrogens with zero attached hydrogens (tertiary/aromatic N) is 2. The molecule has 42 heavy (non-hydrogen) atoms. The predicted octanol–water partition coefficient (Wildman–Crippen LogP) is 5.45. The minimum atomic E-state index is -4.25. The molecule has 4 aromatic rings. The van der Waals surface area contributed by atoms with Crippen LogP contribution < -0.4 is 9.62 Å². The summed E-state index contributed by atoms with van der Waals surface area (Å²) in [4.78, 5) is 29.0. The Bertz CT molecular complexity index is 1600. The summed E-state index contributed by atoms with van der Waals surface area (Å²) in [5, 5.41) is 3.27. The fourth-order valence-electron chi connectivity index (χ4n) is 4.53. The van der Waals surface area contributed by atoms with Crippen molar-refractivity contribution in [1.29, 1.82) is 0 Å². The number of sulfonamides is 1. The summed E-state index contributed by atoms with van der Waals surface area (Å²) >= 11 is 6.23. The molecule has 218 valence electrons. The van der Waals surface area contributed by atoms with Crippen molar-refractivity contribution >= 4 is 39.1 Å². The van der Waals surface area contributed by atoms with E-state index in [-0.39, 0.29) is 29.5 Å². The molecular weight excluding hydrogens is 577 g/mol. The number of rotatable bonds is 12. The Morgan fingerprint density at radius 2 is 1.48 bits per heavy atom. The van der Waals surface area contributed by atoms with Crippen molar-refractivity contribution in [3.05, 3.63) is 131 Å². The standard InChI is InChI=1S/C32H31ClFN3O4S/c1-2-35-32(39)30(21-24-10-5-3-6-11-24)36(22-25-12-9-13-26(33)20-25)31(38)23-37(28-18-16-27(34)17-19-28)42(40,41)29-14-7-4-8-15-29/h3-20,30H,2,21-23H2,1H3,(H,35,39)/t30-/m0/s1. The van der Waals surface area contributed by atoms with E-state index in [2.05, 4.69) is 5.32 Å². The van der Waals surface area contributed by atoms with Crippen LogP contribution in [0.5, 0.6) is 0 Å². The lowest BCUT2D eigenvalue weighted by Gasteiger charge is -2.33. The van der Waals surface area contributed by atoms with Gasteiger partial charge in [-0.05, 0) is 66.6 Å². The van der Waals surface area contributed by atoms with Gasteiger partial charge in [0, 0.05) is 24.5 Å². The van der Waals surface area contributed by atoms with Crippen LogP contribution in [0, 0.1) is 5.82 Å². The SMILES string of the molecule is CCNC(=O)[C@H](Cc1ccccc1)N(Cc1cccc(Cl)c1)C(=O)CN(c1ccc(F)cc1)S(=O)(=O)c1ccccc1. The summed E-state index contributed by atoms with van der Waals surface area (Å²) in [6, 6.07) is 27.8. The molecule has 0 saturated carbocycles. The summed E-state index contributed by atoms with van der Waals surface area (Å²) in [5.74, 6) is -1.55. The first-order valence-corrected chi connectivity index (χ1v) is 15.2. The molecule has 1 atom stereocenters. The maximum atomic E-state index is 14.2. The third-order valence-electron chi connectivity index (χ3n) is 6.59. The lowest BCUT2D eigenvalue weighted by molar-refractivity contribution is -0.140. The molecule has 0 aliphatic heterocycles. The normalized spacial score (nSPS) is 11.9. The summed E-state index contributed by atoms with van der Waals surface area (Å²) in [6.45, 7) is 1.49. The van der Waals surface area contributed by atoms with E-state index < -0.39 is 34.3 Å². The summed E-state index contributed by atoms with van der Waals surface area (Å²) in [6.07, 6.45) is 0.195. The Morgan fingerprint density at radius 1 is 0.857 bits per heavy atom. The topological polar surface area (TPSA) is 86.8 Å². The smallest absolute Gasteiger partial charge is 0.264 e. The minimum absolute atomic E-state index is 0.00330. The molecular formula is C32H31ClFN3O4S. The van der Waals surface area contributed by atoms with E-state index in [1.165, 1.54) is 29.2 Å². The van der Waals surface area contributed by atoms with Crippen LogP contribution in [0.3, 0.4) is 0 Å². The maximum Gasteiger partial charge on any atom is 0.264 e. The van der Waals surface area contributed by atoms with Crippen molar-refractivity contribution in [1.82, 2.24) is 10.2 Å². The van der Waals surface area contributed by atoms with Crippen molar-refractivity contribution in [2.24, 2.45) is 0 Å². The van der Waals surface area contributed by atoms with E-state index in [4.69, 9.17) is 11.6 Å². The van der Waals surface area contributed by atoms with Crippen LogP contribution in [0.2, 0.25) is 5.02 Å². The molecule has 10 heteroatoms. The van der Waals surface area contributed by atoms with Crippen molar-refractivity contribution in [3.63, 3.8) is 0 Å². The highest BCUT2D eigenvalue weighted by molar-refractivity contribution is 7.92. The van der Waals surface area contributed by atoms with Gasteiger partial charge in [0.15, 0.2) is 0 Å². The van der Waals surface area contributed by atoms with Gasteiger partial charge in [-0.15, -0.1) is 0 Å². The Labute approximate surface area is 250 Å². The average Bonchev–Trinajstić information content (AvgIpc) is 2.99. The average molecular weight is 608 g/mol. The van der Waals surface area contributed by atoms with Gasteiger partial charge in [-0.2, -0.15) is 0 Å². The maximum absolute atomic E-state index is 14.2. The van der Waals surface area contributed by atoms with Gasteiger partial charge in [-0.25, -0.2) is 12.8 Å². The Hall–Kier alpha value is -4.21. The molecule has 0 radical (unpaired) electrons. The van der Waals surface area contributed by atoms with Crippen molar-refractivity contribution in [2.75, 3.05) is 17.4 Å². The summed E-state index contributed by atoms with van der Waals surface area (Å²) in [7, 11) is -4.25. The van der Waals surface area contributed by atoms with Crippen LogP contribution in [0.15, 0.2) is 114 Å². The largest absolute Gasteiger partial charge is 0.355 e. The number of likely N-dealkylation sites (N-methyl/N-ethyl adjacent to an activating group) is 1. The zero-order chi connectivity index (χ0) is 30.1. The van der Waals surface area contributed by atoms with Crippen LogP contribution in [0.25, 0.3) is 0 Å². The number of hydrogen-bond acceptors (Lipinski definition) is 4. The molecule has 2 amide bonds. The molecule has 4 aromatic carbocycles. The molecule has 0 fully saturated rings. The fraction of sp³-hybridized carbons (Fsp3) is 0.188. The molecule has 0 heterocycles. The first kappa shape index (κ1) is 30.7. The van der Waals surface area contributed by atoms with E-state index in [1.807, 2.05) is 30.3 Å². The van der Waals surface area contributed by atoms with Gasteiger partial charge in [0.1, 0.15) is 18.4 Å². The third kappa shape index (κ3) is 7.74. The van der Waals surface area contributed by atoms with Crippen LogP contribution in [-0.2, 0) is 32.6 Å². The molecule has 0 aliphatic rings. The van der Waals surface area contributed by atoms with Crippen molar-refractivity contribution < 1.29 is 22.4 Å². The molecule has 0 aliphatic carbocycles. The Balaban J connectivity index is 1.78. The quantitative estimate of drug-likeness (QED) is 0.232. The molecule has 4 rings (SSSR count). The molecule has 1 N–H and O–H groups in total. The highest BCUT2D eigenvalue weighted by atomic mass is 35.5. The van der Waals surface area contributed by atoms with Crippen LogP contribution in [0.1, 0.15) is 18.1 Å². The van der Waals surface area contributed by atoms with Gasteiger partial charge in [0.25, 0.3) is 10.0 Å². The second kappa shape index (κ2) is 14.1. The van der Waals surface area contributed by atoms with E-state index in [9.17, 15) is 22.4 Å². The zero-order valence-corrected chi connectivity index (χ0v) is 24.6. The first-order valence-electron chi connectivity index (χ1n) is 13.4. The number of hydrogen-bond donors (Lipinski definition) is 1. The van der Waals surface area contributed by atoms with Crippen molar-refractivity contribution in [3.8, 4) is 0 Å². The Kier molecular flexibility index (Phi) is 10.3. The number of benzene rings is 4. The number of carbonyl (C=O) groups excluding carboxylic acids is 2. The van der Waals surface area contributed by atoms with E-state index in [1.54, 1.807) is 49.4 Å². The highest BCUT2D eigenvalue weighted by Gasteiger charge is 2.34. The highest BCUT2D eigenvalue weighted by Crippen LogP contribution is 2.25. The third-order valence-corrected chi connectivity index (χ3v) is 8.61. The molecule has 0 aromatic heterocycles. The molecule has 7 nitrogen and oxygen atoms in total. The monoisotopic (exact) mass is 607 g/mol. The van der Waals surface area contributed by atoms with Gasteiger partial charge >= 0.3 is 0 Å². The first-order chi connectivity index (χ1) is 20.2. The predicted molar refractivity (Wildman–Crippen MR) is 162 cm³/mol. The molecule has 0 bridgehead atoms. The van der Waals surface area contributed by atoms with Gasteiger partial charge in [0.2, 0.25) is 11.8 Å². The number of nitrogens with one attached hydrogen (secondary N) is 1. The number of anilines is 1. The van der Waals surface area contributed by atoms with Crippen molar-refractivity contribution in [2.45, 2.75) is 30.8 Å². The second-order valence-corrected chi connectivity index (χ2v) is 11.9. The number of halogens is 2. The van der Waals surface area contributed by atoms with Crippen LogP contribution in [-0.4, -0.2) is 44.3 Å². The minimum Gasteiger partial charge on any atom is -0.355 e. The van der Waals surface area contributed by atoms with Gasteiger partial charge < -0.3 is 10.2 Å². The number of amides is 2. The zero-order valence-electron chi connectivity index (χ0n) is 23.0. The molecule has 0 spiro atoms. The van der Waals surface area contributed by atoms with E-state index in [0.29, 0.717) is 17.1 Å². The second-order valence-electron chi connectivity index (χ2n) is 9.55. The molecule has 0 unspecified atom stereocenters. The van der Waals surface area contributed by atoms with Gasteiger partial charge in [-0.3, -0.25) is 13.9 Å². The van der Waals surface area contributed by atoms with Gasteiger partial charge in [0.05, 0.1) is 10.6 Å². The Morgan fingerprint density at radius 3 is 2.10 bits per heavy atom. The van der Waals surface area contributed by atoms with Crippen LogP contribution in [0.4, 0.5) is 10.1 Å². The summed E-state index contributed by atoms with van der Waals surface area (Å²) in [5.41, 5.74) is 1.59. The summed E-state index contributed by atoms with van der Waals surface area (Å²) < 4.78 is 42.4. The van der Waals surface area contributed by atoms with E-state index in [0.717, 1.165) is 22.0 Å². The molecule has 0 saturated heterocycles. The lowest BCUT2D eigenvalue weighted by atomic mass is 10.0. The van der Waals surface area contributed by atoms with Gasteiger partial charge in [-0.1, -0.05) is 72.3 Å². The van der Waals surface area contributed by atoms with Crippen LogP contribution >= 0.6 is 11.6 Å². The van der Waals surface area contributed by atoms with E-state index >= 15 is 0 Å². The lowest BCUT2D eigenvalue weighted by Crippen LogP contribution is -2.53.